The first-order valence-electron chi connectivity index (χ1n) is 10.6. The standard InChI is InChI=1S/C28H24N2/c1-4-12-22(13-5-1)20-21-25(23-14-6-2-7-15-23)28-26-18-10-11-19-27(26)29-30(28)24-16-8-3-9-17-24/h2-3,6-12,14-20H,1,4-5,13H2. The SMILES string of the molecule is C(=CC1=CCCCC1)=C(c1ccccc1)c1c2ccccc2nn1-c1ccccc1. The fourth-order valence-corrected chi connectivity index (χ4v) is 4.08. The summed E-state index contributed by atoms with van der Waals surface area (Å²) in [6.45, 7) is 0. The van der Waals surface area contributed by atoms with Crippen molar-refractivity contribution >= 4 is 16.5 Å². The van der Waals surface area contributed by atoms with Crippen LogP contribution < -0.4 is 0 Å². The van der Waals surface area contributed by atoms with Gasteiger partial charge >= 0.3 is 0 Å². The van der Waals surface area contributed by atoms with Gasteiger partial charge in [0.1, 0.15) is 0 Å². The molecule has 2 nitrogen and oxygen atoms in total. The molecule has 0 aliphatic heterocycles. The molecule has 0 saturated carbocycles. The monoisotopic (exact) mass is 388 g/mol. The van der Waals surface area contributed by atoms with Crippen molar-refractivity contribution in [3.63, 3.8) is 0 Å². The molecule has 0 saturated heterocycles. The van der Waals surface area contributed by atoms with Crippen LogP contribution in [0, 0.1) is 0 Å². The average molecular weight is 389 g/mol. The van der Waals surface area contributed by atoms with Gasteiger partial charge in [-0.15, -0.1) is 5.73 Å². The molecule has 30 heavy (non-hydrogen) atoms. The first-order chi connectivity index (χ1) is 14.9. The summed E-state index contributed by atoms with van der Waals surface area (Å²) in [5.74, 6) is 0. The second-order valence-corrected chi connectivity index (χ2v) is 7.67. The van der Waals surface area contributed by atoms with Gasteiger partial charge in [0.25, 0.3) is 0 Å². The summed E-state index contributed by atoms with van der Waals surface area (Å²) in [5.41, 5.74) is 10.4. The van der Waals surface area contributed by atoms with Crippen LogP contribution >= 0.6 is 0 Å². The van der Waals surface area contributed by atoms with E-state index < -0.39 is 0 Å². The van der Waals surface area contributed by atoms with E-state index in [1.54, 1.807) is 0 Å². The molecule has 1 aromatic heterocycles. The number of benzene rings is 3. The van der Waals surface area contributed by atoms with Crippen LogP contribution in [0.4, 0.5) is 0 Å². The number of rotatable bonds is 4. The Morgan fingerprint density at radius 3 is 2.33 bits per heavy atom. The zero-order valence-corrected chi connectivity index (χ0v) is 17.0. The minimum absolute atomic E-state index is 0.989. The van der Waals surface area contributed by atoms with Crippen molar-refractivity contribution in [1.29, 1.82) is 0 Å². The fourth-order valence-electron chi connectivity index (χ4n) is 4.08. The topological polar surface area (TPSA) is 17.8 Å². The van der Waals surface area contributed by atoms with Crippen molar-refractivity contribution in [2.75, 3.05) is 0 Å². The van der Waals surface area contributed by atoms with Gasteiger partial charge in [-0.05, 0) is 61.1 Å². The molecule has 0 N–H and O–H groups in total. The maximum absolute atomic E-state index is 4.95. The number of nitrogens with zero attached hydrogens (tertiary/aromatic N) is 2. The van der Waals surface area contributed by atoms with Crippen molar-refractivity contribution in [1.82, 2.24) is 9.78 Å². The van der Waals surface area contributed by atoms with Gasteiger partial charge in [0.05, 0.1) is 22.5 Å². The summed E-state index contributed by atoms with van der Waals surface area (Å²) in [6.07, 6.45) is 9.38. The van der Waals surface area contributed by atoms with Gasteiger partial charge in [-0.1, -0.05) is 72.8 Å². The van der Waals surface area contributed by atoms with E-state index in [0.29, 0.717) is 0 Å². The van der Waals surface area contributed by atoms with Crippen molar-refractivity contribution in [2.45, 2.75) is 25.7 Å². The Morgan fingerprint density at radius 1 is 0.833 bits per heavy atom. The highest BCUT2D eigenvalue weighted by Gasteiger charge is 2.17. The fraction of sp³-hybridized carbons (Fsp3) is 0.143. The number of aromatic nitrogens is 2. The smallest absolute Gasteiger partial charge is 0.0934 e. The molecular weight excluding hydrogens is 364 g/mol. The first-order valence-corrected chi connectivity index (χ1v) is 10.6. The van der Waals surface area contributed by atoms with E-state index in [9.17, 15) is 0 Å². The third-order valence-electron chi connectivity index (χ3n) is 5.61. The van der Waals surface area contributed by atoms with Gasteiger partial charge in [-0.3, -0.25) is 0 Å². The van der Waals surface area contributed by atoms with Crippen molar-refractivity contribution in [3.05, 3.63) is 120 Å². The highest BCUT2D eigenvalue weighted by atomic mass is 15.3. The summed E-state index contributed by atoms with van der Waals surface area (Å²) in [7, 11) is 0. The van der Waals surface area contributed by atoms with Crippen LogP contribution in [0.25, 0.3) is 22.2 Å². The van der Waals surface area contributed by atoms with Gasteiger partial charge in [-0.2, -0.15) is 5.10 Å². The lowest BCUT2D eigenvalue weighted by molar-refractivity contribution is 0.712. The Labute approximate surface area is 177 Å². The molecule has 0 fully saturated rings. The molecule has 5 rings (SSSR count). The molecule has 2 heteroatoms. The van der Waals surface area contributed by atoms with Crippen LogP contribution in [-0.2, 0) is 0 Å². The first kappa shape index (κ1) is 18.4. The van der Waals surface area contributed by atoms with Gasteiger partial charge < -0.3 is 0 Å². The molecule has 4 aromatic rings. The molecule has 0 amide bonds. The molecule has 3 aromatic carbocycles. The van der Waals surface area contributed by atoms with Gasteiger partial charge in [0.2, 0.25) is 0 Å². The van der Waals surface area contributed by atoms with Crippen LogP contribution in [0.2, 0.25) is 0 Å². The van der Waals surface area contributed by atoms with Crippen molar-refractivity contribution in [3.8, 4) is 5.69 Å². The van der Waals surface area contributed by atoms with Gasteiger partial charge in [0, 0.05) is 5.39 Å². The predicted octanol–water partition coefficient (Wildman–Crippen LogP) is 7.11. The third-order valence-corrected chi connectivity index (χ3v) is 5.61. The summed E-state index contributed by atoms with van der Waals surface area (Å²) in [6, 6.07) is 29.3. The lowest BCUT2D eigenvalue weighted by atomic mass is 9.97. The van der Waals surface area contributed by atoms with Crippen LogP contribution in [0.15, 0.2) is 108 Å². The second-order valence-electron chi connectivity index (χ2n) is 7.67. The minimum atomic E-state index is 0.989. The van der Waals surface area contributed by atoms with E-state index in [4.69, 9.17) is 5.10 Å². The molecule has 1 heterocycles. The molecule has 1 aliphatic rings. The van der Waals surface area contributed by atoms with Gasteiger partial charge in [-0.25, -0.2) is 4.68 Å². The Balaban J connectivity index is 1.79. The quantitative estimate of drug-likeness (QED) is 0.341. The maximum Gasteiger partial charge on any atom is 0.0934 e. The second kappa shape index (κ2) is 8.41. The number of fused-ring (bicyclic) bond motifs is 1. The third kappa shape index (κ3) is 3.66. The van der Waals surface area contributed by atoms with Crippen LogP contribution in [0.1, 0.15) is 36.9 Å². The summed E-state index contributed by atoms with van der Waals surface area (Å²) in [5, 5.41) is 6.09. The van der Waals surface area contributed by atoms with Crippen molar-refractivity contribution in [2.24, 2.45) is 0 Å². The summed E-state index contributed by atoms with van der Waals surface area (Å²) < 4.78 is 2.06. The van der Waals surface area contributed by atoms with E-state index in [2.05, 4.69) is 95.4 Å². The van der Waals surface area contributed by atoms with Crippen molar-refractivity contribution < 1.29 is 0 Å². The molecular formula is C28H24N2. The number of hydrogen-bond donors (Lipinski definition) is 0. The zero-order valence-electron chi connectivity index (χ0n) is 17.0. The normalized spacial score (nSPS) is 13.5. The van der Waals surface area contributed by atoms with E-state index >= 15 is 0 Å². The lowest BCUT2D eigenvalue weighted by Gasteiger charge is -2.11. The molecule has 0 unspecified atom stereocenters. The zero-order chi connectivity index (χ0) is 20.2. The van der Waals surface area contributed by atoms with Gasteiger partial charge in [0.15, 0.2) is 0 Å². The average Bonchev–Trinajstić information content (AvgIpc) is 3.21. The van der Waals surface area contributed by atoms with Crippen LogP contribution in [-0.4, -0.2) is 9.78 Å². The largest absolute Gasteiger partial charge is 0.231 e. The van der Waals surface area contributed by atoms with E-state index in [1.807, 2.05) is 12.1 Å². The molecule has 146 valence electrons. The van der Waals surface area contributed by atoms with E-state index in [1.165, 1.54) is 24.8 Å². The summed E-state index contributed by atoms with van der Waals surface area (Å²) >= 11 is 0. The highest BCUT2D eigenvalue weighted by Crippen LogP contribution is 2.32. The molecule has 0 radical (unpaired) electrons. The maximum atomic E-state index is 4.95. The molecule has 0 spiro atoms. The number of allylic oxidation sites excluding steroid dienone is 3. The molecule has 1 aliphatic carbocycles. The van der Waals surface area contributed by atoms with Crippen LogP contribution in [0.3, 0.4) is 0 Å². The van der Waals surface area contributed by atoms with E-state index in [0.717, 1.165) is 39.8 Å². The molecule has 0 bridgehead atoms. The minimum Gasteiger partial charge on any atom is -0.231 e. The summed E-state index contributed by atoms with van der Waals surface area (Å²) in [4.78, 5) is 0. The predicted molar refractivity (Wildman–Crippen MR) is 125 cm³/mol. The van der Waals surface area contributed by atoms with Crippen LogP contribution in [0.5, 0.6) is 0 Å². The Hall–Kier alpha value is -3.61. The lowest BCUT2D eigenvalue weighted by Crippen LogP contribution is -2.02. The number of para-hydroxylation sites is 1. The highest BCUT2D eigenvalue weighted by molar-refractivity contribution is 5.95. The molecule has 0 atom stereocenters. The Morgan fingerprint density at radius 2 is 1.57 bits per heavy atom. The Bertz CT molecular complexity index is 1250. The number of hydrogen-bond acceptors (Lipinski definition) is 1. The van der Waals surface area contributed by atoms with E-state index in [-0.39, 0.29) is 0 Å². The Kier molecular flexibility index (Phi) is 5.16.